The van der Waals surface area contributed by atoms with Crippen molar-refractivity contribution in [3.8, 4) is 0 Å². The third-order valence-corrected chi connectivity index (χ3v) is 2.04. The third kappa shape index (κ3) is 2.13. The monoisotopic (exact) mass is 265 g/mol. The molecule has 1 aromatic rings. The molecule has 0 nitrogen and oxygen atoms in total. The zero-order chi connectivity index (χ0) is 7.61. The predicted octanol–water partition coefficient (Wildman–Crippen LogP) is 3.35. The maximum atomic E-state index is 5.93. The molecule has 1 atom stereocenters. The van der Waals surface area contributed by atoms with Crippen LogP contribution in [0.25, 0.3) is 0 Å². The average molecular weight is 266 g/mol. The summed E-state index contributed by atoms with van der Waals surface area (Å²) in [5, 5.41) is 0. The quantitative estimate of drug-likeness (QED) is 0.540. The second kappa shape index (κ2) is 3.09. The largest absolute Gasteiger partial charge is 0.121 e. The molecule has 0 aliphatic carbocycles. The molecule has 2 heteroatoms. The standard InChI is InChI=1S/C8H7ClI/c1-8(9,10)7-5-3-2-4-6-7/h2-6H,1H2. The highest BCUT2D eigenvalue weighted by atomic mass is 127. The van der Waals surface area contributed by atoms with Gasteiger partial charge in [0.05, 0.1) is 0 Å². The van der Waals surface area contributed by atoms with Gasteiger partial charge in [-0.3, -0.25) is 0 Å². The average Bonchev–Trinajstić information content (AvgIpc) is 1.88. The molecule has 1 radical (unpaired) electrons. The van der Waals surface area contributed by atoms with Crippen LogP contribution in [0.2, 0.25) is 0 Å². The van der Waals surface area contributed by atoms with Crippen LogP contribution in [-0.2, 0) is 2.88 Å². The Hall–Kier alpha value is 0.240. The van der Waals surface area contributed by atoms with Crippen molar-refractivity contribution in [1.29, 1.82) is 0 Å². The van der Waals surface area contributed by atoms with Crippen molar-refractivity contribution in [3.05, 3.63) is 42.8 Å². The van der Waals surface area contributed by atoms with E-state index in [2.05, 4.69) is 29.5 Å². The SMILES string of the molecule is [CH2]C(Cl)(I)c1ccccc1. The Morgan fingerprint density at radius 1 is 1.30 bits per heavy atom. The van der Waals surface area contributed by atoms with Crippen LogP contribution >= 0.6 is 34.2 Å². The van der Waals surface area contributed by atoms with Crippen LogP contribution in [0.15, 0.2) is 30.3 Å². The number of benzene rings is 1. The summed E-state index contributed by atoms with van der Waals surface area (Å²) in [6.07, 6.45) is 0. The number of hydrogen-bond donors (Lipinski definition) is 0. The number of halogens is 2. The van der Waals surface area contributed by atoms with E-state index in [4.69, 9.17) is 11.6 Å². The maximum Gasteiger partial charge on any atom is 0.121 e. The number of alkyl halides is 2. The van der Waals surface area contributed by atoms with Crippen molar-refractivity contribution >= 4 is 34.2 Å². The van der Waals surface area contributed by atoms with Crippen LogP contribution in [0.1, 0.15) is 5.56 Å². The van der Waals surface area contributed by atoms with Gasteiger partial charge in [-0.1, -0.05) is 52.9 Å². The summed E-state index contributed by atoms with van der Waals surface area (Å²) in [6, 6.07) is 9.80. The lowest BCUT2D eigenvalue weighted by atomic mass is 10.2. The fraction of sp³-hybridized carbons (Fsp3) is 0.125. The smallest absolute Gasteiger partial charge is 0.102 e. The summed E-state index contributed by atoms with van der Waals surface area (Å²) in [6.45, 7) is 3.79. The first-order valence-electron chi connectivity index (χ1n) is 2.89. The van der Waals surface area contributed by atoms with Crippen molar-refractivity contribution in [1.82, 2.24) is 0 Å². The molecule has 0 saturated carbocycles. The zero-order valence-corrected chi connectivity index (χ0v) is 8.26. The molecule has 1 aromatic carbocycles. The van der Waals surface area contributed by atoms with Crippen LogP contribution in [0.4, 0.5) is 0 Å². The first kappa shape index (κ1) is 8.34. The van der Waals surface area contributed by atoms with E-state index >= 15 is 0 Å². The van der Waals surface area contributed by atoms with Crippen LogP contribution < -0.4 is 0 Å². The fourth-order valence-corrected chi connectivity index (χ4v) is 1.17. The summed E-state index contributed by atoms with van der Waals surface area (Å²) < 4.78 is -0.515. The minimum atomic E-state index is -0.515. The highest BCUT2D eigenvalue weighted by Crippen LogP contribution is 2.34. The second-order valence-corrected chi connectivity index (χ2v) is 5.19. The van der Waals surface area contributed by atoms with Crippen LogP contribution in [-0.4, -0.2) is 0 Å². The summed E-state index contributed by atoms with van der Waals surface area (Å²) in [7, 11) is 0. The predicted molar refractivity (Wildman–Crippen MR) is 53.4 cm³/mol. The molecule has 0 aliphatic heterocycles. The van der Waals surface area contributed by atoms with Gasteiger partial charge in [-0.15, -0.1) is 11.6 Å². The minimum absolute atomic E-state index is 0.515. The van der Waals surface area contributed by atoms with E-state index in [9.17, 15) is 0 Å². The van der Waals surface area contributed by atoms with Gasteiger partial charge in [0.1, 0.15) is 2.88 Å². The highest BCUT2D eigenvalue weighted by Gasteiger charge is 2.17. The number of rotatable bonds is 1. The van der Waals surface area contributed by atoms with Gasteiger partial charge in [0.2, 0.25) is 0 Å². The molecular weight excluding hydrogens is 258 g/mol. The van der Waals surface area contributed by atoms with Gasteiger partial charge in [-0.2, -0.15) is 0 Å². The zero-order valence-electron chi connectivity index (χ0n) is 5.35. The molecule has 0 aliphatic rings. The van der Waals surface area contributed by atoms with E-state index in [0.717, 1.165) is 5.56 Å². The Balaban J connectivity index is 2.97. The third-order valence-electron chi connectivity index (χ3n) is 1.20. The fourth-order valence-electron chi connectivity index (χ4n) is 0.682. The highest BCUT2D eigenvalue weighted by molar-refractivity contribution is 14.1. The molecular formula is C8H7ClI. The summed E-state index contributed by atoms with van der Waals surface area (Å²) in [5.74, 6) is 0. The lowest BCUT2D eigenvalue weighted by Gasteiger charge is -2.12. The summed E-state index contributed by atoms with van der Waals surface area (Å²) >= 11 is 8.03. The van der Waals surface area contributed by atoms with Gasteiger partial charge < -0.3 is 0 Å². The van der Waals surface area contributed by atoms with Crippen molar-refractivity contribution in [2.75, 3.05) is 0 Å². The number of hydrogen-bond acceptors (Lipinski definition) is 0. The van der Waals surface area contributed by atoms with Crippen molar-refractivity contribution in [3.63, 3.8) is 0 Å². The van der Waals surface area contributed by atoms with Crippen LogP contribution in [0, 0.1) is 6.92 Å². The Kier molecular flexibility index (Phi) is 2.58. The Morgan fingerprint density at radius 3 is 2.10 bits per heavy atom. The molecule has 0 saturated heterocycles. The molecule has 1 rings (SSSR count). The lowest BCUT2D eigenvalue weighted by molar-refractivity contribution is 1.17. The molecule has 0 amide bonds. The normalized spacial score (nSPS) is 16.3. The molecule has 0 aromatic heterocycles. The summed E-state index contributed by atoms with van der Waals surface area (Å²) in [4.78, 5) is 0. The van der Waals surface area contributed by atoms with Gasteiger partial charge in [0.25, 0.3) is 0 Å². The molecule has 10 heavy (non-hydrogen) atoms. The Labute approximate surface area is 79.7 Å². The topological polar surface area (TPSA) is 0 Å². The van der Waals surface area contributed by atoms with E-state index in [1.807, 2.05) is 30.3 Å². The van der Waals surface area contributed by atoms with Gasteiger partial charge in [0.15, 0.2) is 0 Å². The lowest BCUT2D eigenvalue weighted by Crippen LogP contribution is -2.01. The van der Waals surface area contributed by atoms with Gasteiger partial charge in [-0.05, 0) is 12.5 Å². The van der Waals surface area contributed by atoms with Gasteiger partial charge >= 0.3 is 0 Å². The minimum Gasteiger partial charge on any atom is -0.102 e. The Morgan fingerprint density at radius 2 is 1.80 bits per heavy atom. The van der Waals surface area contributed by atoms with Gasteiger partial charge in [-0.25, -0.2) is 0 Å². The molecule has 0 N–H and O–H groups in total. The van der Waals surface area contributed by atoms with E-state index < -0.39 is 2.88 Å². The molecule has 53 valence electrons. The molecule has 0 spiro atoms. The molecule has 1 unspecified atom stereocenters. The van der Waals surface area contributed by atoms with Crippen molar-refractivity contribution in [2.24, 2.45) is 0 Å². The first-order valence-corrected chi connectivity index (χ1v) is 4.35. The van der Waals surface area contributed by atoms with E-state index in [-0.39, 0.29) is 0 Å². The molecule has 0 heterocycles. The molecule has 0 fully saturated rings. The van der Waals surface area contributed by atoms with Crippen molar-refractivity contribution in [2.45, 2.75) is 2.88 Å². The summed E-state index contributed by atoms with van der Waals surface area (Å²) in [5.41, 5.74) is 1.04. The van der Waals surface area contributed by atoms with E-state index in [0.29, 0.717) is 0 Å². The second-order valence-electron chi connectivity index (χ2n) is 2.07. The van der Waals surface area contributed by atoms with E-state index in [1.54, 1.807) is 0 Å². The first-order chi connectivity index (χ1) is 4.61. The maximum absolute atomic E-state index is 5.93. The molecule has 0 bridgehead atoms. The van der Waals surface area contributed by atoms with Crippen LogP contribution in [0.3, 0.4) is 0 Å². The van der Waals surface area contributed by atoms with Crippen LogP contribution in [0.5, 0.6) is 0 Å². The Bertz CT molecular complexity index is 200. The van der Waals surface area contributed by atoms with Crippen molar-refractivity contribution < 1.29 is 0 Å². The van der Waals surface area contributed by atoms with E-state index in [1.165, 1.54) is 0 Å². The van der Waals surface area contributed by atoms with Gasteiger partial charge in [0, 0.05) is 0 Å².